The number of pyridine rings is 1. The van der Waals surface area contributed by atoms with Crippen LogP contribution in [0.3, 0.4) is 0 Å². The van der Waals surface area contributed by atoms with Gasteiger partial charge in [-0.2, -0.15) is 0 Å². The maximum atomic E-state index is 5.94. The summed E-state index contributed by atoms with van der Waals surface area (Å²) in [5.41, 5.74) is 8.34. The zero-order valence-corrected chi connectivity index (χ0v) is 16.6. The van der Waals surface area contributed by atoms with E-state index in [1.54, 1.807) is 0 Å². The van der Waals surface area contributed by atoms with Gasteiger partial charge in [0, 0.05) is 63.3 Å². The molecule has 1 aliphatic rings. The van der Waals surface area contributed by atoms with Crippen LogP contribution in [-0.4, -0.2) is 61.7 Å². The molecule has 1 saturated heterocycles. The normalized spacial score (nSPS) is 15.6. The van der Waals surface area contributed by atoms with Crippen LogP contribution < -0.4 is 16.0 Å². The van der Waals surface area contributed by atoms with Crippen molar-refractivity contribution in [2.24, 2.45) is 10.7 Å². The summed E-state index contributed by atoms with van der Waals surface area (Å²) in [4.78, 5) is 13.7. The number of guanidine groups is 1. The van der Waals surface area contributed by atoms with Crippen LogP contribution in [0.5, 0.6) is 0 Å². The molecular formula is C22H32N6. The Labute approximate surface area is 168 Å². The van der Waals surface area contributed by atoms with E-state index in [4.69, 9.17) is 5.73 Å². The minimum Gasteiger partial charge on any atom is -0.370 e. The van der Waals surface area contributed by atoms with Gasteiger partial charge in [0.25, 0.3) is 0 Å². The van der Waals surface area contributed by atoms with Gasteiger partial charge in [-0.3, -0.25) is 14.9 Å². The van der Waals surface area contributed by atoms with Gasteiger partial charge in [-0.15, -0.1) is 0 Å². The minimum absolute atomic E-state index is 0.535. The lowest BCUT2D eigenvalue weighted by atomic mass is 10.2. The van der Waals surface area contributed by atoms with Crippen LogP contribution in [0.2, 0.25) is 0 Å². The molecule has 28 heavy (non-hydrogen) atoms. The van der Waals surface area contributed by atoms with E-state index in [-0.39, 0.29) is 0 Å². The Morgan fingerprint density at radius 2 is 1.79 bits per heavy atom. The van der Waals surface area contributed by atoms with E-state index in [0.717, 1.165) is 70.8 Å². The molecule has 1 fully saturated rings. The molecule has 6 heteroatoms. The molecule has 150 valence electrons. The molecule has 0 atom stereocenters. The molecule has 3 N–H and O–H groups in total. The highest BCUT2D eigenvalue weighted by molar-refractivity contribution is 5.77. The third-order valence-corrected chi connectivity index (χ3v) is 5.07. The van der Waals surface area contributed by atoms with Crippen LogP contribution in [-0.2, 0) is 6.42 Å². The lowest BCUT2D eigenvalue weighted by molar-refractivity contribution is 0.253. The number of hydrogen-bond donors (Lipinski definition) is 2. The number of piperazine rings is 1. The van der Waals surface area contributed by atoms with Crippen LogP contribution in [0, 0.1) is 0 Å². The Bertz CT molecular complexity index is 695. The van der Waals surface area contributed by atoms with Crippen molar-refractivity contribution in [3.05, 3.63) is 60.4 Å². The zero-order chi connectivity index (χ0) is 19.4. The molecule has 1 aromatic carbocycles. The van der Waals surface area contributed by atoms with Crippen molar-refractivity contribution in [2.75, 3.05) is 50.7 Å². The predicted octanol–water partition coefficient (Wildman–Crippen LogP) is 2.13. The van der Waals surface area contributed by atoms with Gasteiger partial charge in [0.05, 0.1) is 0 Å². The van der Waals surface area contributed by atoms with Gasteiger partial charge in [-0.05, 0) is 43.7 Å². The molecule has 1 aliphatic heterocycles. The lowest BCUT2D eigenvalue weighted by Gasteiger charge is -2.36. The van der Waals surface area contributed by atoms with Crippen LogP contribution in [0.15, 0.2) is 59.7 Å². The van der Waals surface area contributed by atoms with Crippen LogP contribution in [0.4, 0.5) is 5.69 Å². The number of aliphatic imine (C=N–C) groups is 1. The van der Waals surface area contributed by atoms with Crippen molar-refractivity contribution in [1.29, 1.82) is 0 Å². The fourth-order valence-electron chi connectivity index (χ4n) is 3.44. The Morgan fingerprint density at radius 1 is 1.00 bits per heavy atom. The van der Waals surface area contributed by atoms with Gasteiger partial charge in [-0.1, -0.05) is 24.3 Å². The van der Waals surface area contributed by atoms with Crippen molar-refractivity contribution in [3.8, 4) is 0 Å². The molecule has 2 aromatic rings. The number of nitrogens with two attached hydrogens (primary N) is 1. The summed E-state index contributed by atoms with van der Waals surface area (Å²) in [6.45, 7) is 7.17. The standard InChI is InChI=1S/C22H32N6/c23-22(26-14-11-20-8-4-5-12-24-20)25-13-6-7-15-27-16-18-28(19-17-27)21-9-2-1-3-10-21/h1-5,8-10,12H,6-7,11,13-19H2,(H3,23,25,26). The number of rotatable bonds is 9. The first kappa shape index (κ1) is 20.1. The molecule has 0 spiro atoms. The van der Waals surface area contributed by atoms with Gasteiger partial charge in [-0.25, -0.2) is 0 Å². The molecular weight excluding hydrogens is 348 g/mol. The van der Waals surface area contributed by atoms with Gasteiger partial charge >= 0.3 is 0 Å². The number of aromatic nitrogens is 1. The number of nitrogens with zero attached hydrogens (tertiary/aromatic N) is 4. The molecule has 0 saturated carbocycles. The first-order chi connectivity index (χ1) is 13.8. The lowest BCUT2D eigenvalue weighted by Crippen LogP contribution is -2.46. The van der Waals surface area contributed by atoms with Gasteiger partial charge in [0.15, 0.2) is 5.96 Å². The number of benzene rings is 1. The average molecular weight is 381 g/mol. The Balaban J connectivity index is 1.23. The van der Waals surface area contributed by atoms with Crippen molar-refractivity contribution in [3.63, 3.8) is 0 Å². The van der Waals surface area contributed by atoms with E-state index in [1.807, 2.05) is 24.4 Å². The van der Waals surface area contributed by atoms with Crippen LogP contribution in [0.25, 0.3) is 0 Å². The van der Waals surface area contributed by atoms with E-state index in [2.05, 4.69) is 55.4 Å². The second-order valence-corrected chi connectivity index (χ2v) is 7.14. The molecule has 0 radical (unpaired) electrons. The largest absolute Gasteiger partial charge is 0.370 e. The van der Waals surface area contributed by atoms with E-state index in [0.29, 0.717) is 5.96 Å². The second-order valence-electron chi connectivity index (χ2n) is 7.14. The smallest absolute Gasteiger partial charge is 0.188 e. The number of hydrogen-bond acceptors (Lipinski definition) is 4. The first-order valence-corrected chi connectivity index (χ1v) is 10.3. The monoisotopic (exact) mass is 380 g/mol. The van der Waals surface area contributed by atoms with E-state index < -0.39 is 0 Å². The summed E-state index contributed by atoms with van der Waals surface area (Å²) in [5.74, 6) is 0.535. The number of anilines is 1. The Hall–Kier alpha value is -2.60. The number of unbranched alkanes of at least 4 members (excludes halogenated alkanes) is 1. The first-order valence-electron chi connectivity index (χ1n) is 10.3. The summed E-state index contributed by atoms with van der Waals surface area (Å²) in [6, 6.07) is 16.6. The van der Waals surface area contributed by atoms with Gasteiger partial charge in [0.1, 0.15) is 0 Å². The topological polar surface area (TPSA) is 69.8 Å². The number of nitrogens with one attached hydrogen (secondary N) is 1. The fraction of sp³-hybridized carbons (Fsp3) is 0.455. The number of para-hydroxylation sites is 1. The van der Waals surface area contributed by atoms with E-state index >= 15 is 0 Å². The van der Waals surface area contributed by atoms with E-state index in [1.165, 1.54) is 5.69 Å². The van der Waals surface area contributed by atoms with Gasteiger partial charge in [0.2, 0.25) is 0 Å². The summed E-state index contributed by atoms with van der Waals surface area (Å²) in [6.07, 6.45) is 4.90. The summed E-state index contributed by atoms with van der Waals surface area (Å²) >= 11 is 0. The third kappa shape index (κ3) is 6.85. The minimum atomic E-state index is 0.535. The highest BCUT2D eigenvalue weighted by atomic mass is 15.3. The fourth-order valence-corrected chi connectivity index (χ4v) is 3.44. The summed E-state index contributed by atoms with van der Waals surface area (Å²) in [7, 11) is 0. The molecule has 2 heterocycles. The van der Waals surface area contributed by atoms with Crippen LogP contribution in [0.1, 0.15) is 18.5 Å². The SMILES string of the molecule is NC(=NCCCCN1CCN(c2ccccc2)CC1)NCCc1ccccn1. The zero-order valence-electron chi connectivity index (χ0n) is 16.6. The van der Waals surface area contributed by atoms with Crippen molar-refractivity contribution in [1.82, 2.24) is 15.2 Å². The van der Waals surface area contributed by atoms with Crippen molar-refractivity contribution >= 4 is 11.6 Å². The maximum Gasteiger partial charge on any atom is 0.188 e. The highest BCUT2D eigenvalue weighted by Crippen LogP contribution is 2.15. The Kier molecular flexibility index (Phi) is 8.12. The van der Waals surface area contributed by atoms with Crippen molar-refractivity contribution in [2.45, 2.75) is 19.3 Å². The molecule has 3 rings (SSSR count). The maximum absolute atomic E-state index is 5.94. The predicted molar refractivity (Wildman–Crippen MR) is 117 cm³/mol. The molecule has 0 unspecified atom stereocenters. The quantitative estimate of drug-likeness (QED) is 0.396. The molecule has 6 nitrogen and oxygen atoms in total. The molecule has 1 aromatic heterocycles. The molecule has 0 bridgehead atoms. The molecule has 0 aliphatic carbocycles. The van der Waals surface area contributed by atoms with Gasteiger partial charge < -0.3 is 16.0 Å². The summed E-state index contributed by atoms with van der Waals surface area (Å²) in [5, 5.41) is 3.16. The molecule has 0 amide bonds. The van der Waals surface area contributed by atoms with Crippen LogP contribution >= 0.6 is 0 Å². The third-order valence-electron chi connectivity index (χ3n) is 5.07. The second kappa shape index (κ2) is 11.3. The Morgan fingerprint density at radius 3 is 2.54 bits per heavy atom. The average Bonchev–Trinajstić information content (AvgIpc) is 2.75. The van der Waals surface area contributed by atoms with E-state index in [9.17, 15) is 0 Å². The highest BCUT2D eigenvalue weighted by Gasteiger charge is 2.16. The van der Waals surface area contributed by atoms with Crippen molar-refractivity contribution < 1.29 is 0 Å². The summed E-state index contributed by atoms with van der Waals surface area (Å²) < 4.78 is 0.